The van der Waals surface area contributed by atoms with Crippen LogP contribution in [0.3, 0.4) is 0 Å². The van der Waals surface area contributed by atoms with Crippen LogP contribution >= 0.6 is 11.6 Å². The zero-order chi connectivity index (χ0) is 12.0. The minimum Gasteiger partial charge on any atom is -0.600 e. The first-order valence-corrected chi connectivity index (χ1v) is 6.22. The Hall–Kier alpha value is -0.870. The molecule has 3 nitrogen and oxygen atoms in total. The van der Waals surface area contributed by atoms with Gasteiger partial charge in [-0.3, -0.25) is 0 Å². The lowest BCUT2D eigenvalue weighted by Gasteiger charge is -2.32. The summed E-state index contributed by atoms with van der Waals surface area (Å²) < 4.78 is 0. The van der Waals surface area contributed by atoms with E-state index in [0.29, 0.717) is 10.9 Å². The maximum Gasteiger partial charge on any atom is 0.131 e. The van der Waals surface area contributed by atoms with E-state index in [1.54, 1.807) is 0 Å². The van der Waals surface area contributed by atoms with Gasteiger partial charge in [0, 0.05) is 16.9 Å². The highest BCUT2D eigenvalue weighted by atomic mass is 35.5. The summed E-state index contributed by atoms with van der Waals surface area (Å²) in [4.78, 5) is 0. The molecule has 17 heavy (non-hydrogen) atoms. The Labute approximate surface area is 105 Å². The van der Waals surface area contributed by atoms with Crippen LogP contribution in [0.4, 0.5) is 0 Å². The number of hydrogen-bond donors (Lipinski definition) is 2. The van der Waals surface area contributed by atoms with Crippen LogP contribution in [0, 0.1) is 17.0 Å². The molecule has 0 spiro atoms. The third-order valence-electron chi connectivity index (χ3n) is 4.01. The van der Waals surface area contributed by atoms with Crippen molar-refractivity contribution >= 4 is 11.6 Å². The summed E-state index contributed by atoms with van der Waals surface area (Å²) in [5, 5.41) is 20.8. The summed E-state index contributed by atoms with van der Waals surface area (Å²) in [6, 6.07) is 7.29. The van der Waals surface area contributed by atoms with Crippen LogP contribution in [0.15, 0.2) is 36.4 Å². The Bertz CT molecular complexity index is 460. The van der Waals surface area contributed by atoms with Crippen LogP contribution in [-0.2, 0) is 0 Å². The van der Waals surface area contributed by atoms with Crippen LogP contribution in [0.2, 0.25) is 5.02 Å². The fraction of sp³-hybridized carbons (Fsp3) is 0.385. The molecule has 2 bridgehead atoms. The summed E-state index contributed by atoms with van der Waals surface area (Å²) >= 11 is 6.19. The van der Waals surface area contributed by atoms with Crippen molar-refractivity contribution < 1.29 is 10.4 Å². The smallest absolute Gasteiger partial charge is 0.131 e. The summed E-state index contributed by atoms with van der Waals surface area (Å²) in [6.07, 6.45) is 5.15. The lowest BCUT2D eigenvalue weighted by atomic mass is 9.83. The monoisotopic (exact) mass is 251 g/mol. The number of rotatable bonds is 2. The largest absolute Gasteiger partial charge is 0.600 e. The molecular weight excluding hydrogens is 238 g/mol. The van der Waals surface area contributed by atoms with E-state index in [4.69, 9.17) is 11.6 Å². The number of allylic oxidation sites excluding steroid dienone is 1. The highest BCUT2D eigenvalue weighted by molar-refractivity contribution is 6.31. The van der Waals surface area contributed by atoms with Gasteiger partial charge in [0.1, 0.15) is 6.04 Å². The van der Waals surface area contributed by atoms with Crippen molar-refractivity contribution in [2.45, 2.75) is 18.4 Å². The molecule has 0 aliphatic heterocycles. The van der Waals surface area contributed by atoms with Crippen molar-refractivity contribution in [2.24, 2.45) is 11.8 Å². The SMILES string of the molecule is [O-][NH+](O)C1C2C=CC(C2)C1c1ccccc1Cl. The van der Waals surface area contributed by atoms with E-state index in [0.717, 1.165) is 12.0 Å². The molecule has 0 amide bonds. The van der Waals surface area contributed by atoms with Crippen LogP contribution in [-0.4, -0.2) is 11.2 Å². The van der Waals surface area contributed by atoms with Gasteiger partial charge in [-0.1, -0.05) is 42.0 Å². The molecule has 3 rings (SSSR count). The Morgan fingerprint density at radius 2 is 1.94 bits per heavy atom. The van der Waals surface area contributed by atoms with Crippen molar-refractivity contribution in [3.63, 3.8) is 0 Å². The number of benzene rings is 1. The molecule has 4 heteroatoms. The van der Waals surface area contributed by atoms with Gasteiger partial charge in [-0.05, 0) is 24.0 Å². The Morgan fingerprint density at radius 3 is 2.65 bits per heavy atom. The van der Waals surface area contributed by atoms with Crippen molar-refractivity contribution in [1.29, 1.82) is 0 Å². The van der Waals surface area contributed by atoms with E-state index in [1.165, 1.54) is 0 Å². The van der Waals surface area contributed by atoms with E-state index in [2.05, 4.69) is 12.2 Å². The quantitative estimate of drug-likeness (QED) is 0.622. The van der Waals surface area contributed by atoms with Crippen molar-refractivity contribution in [2.75, 3.05) is 0 Å². The molecule has 0 radical (unpaired) electrons. The van der Waals surface area contributed by atoms with Crippen molar-refractivity contribution in [3.05, 3.63) is 52.2 Å². The van der Waals surface area contributed by atoms with Gasteiger partial charge in [-0.2, -0.15) is 0 Å². The van der Waals surface area contributed by atoms with Gasteiger partial charge >= 0.3 is 0 Å². The Morgan fingerprint density at radius 1 is 1.24 bits per heavy atom. The zero-order valence-corrected chi connectivity index (χ0v) is 9.97. The predicted molar refractivity (Wildman–Crippen MR) is 64.8 cm³/mol. The number of fused-ring (bicyclic) bond motifs is 2. The molecule has 2 aliphatic rings. The van der Waals surface area contributed by atoms with E-state index >= 15 is 0 Å². The maximum absolute atomic E-state index is 11.4. The van der Waals surface area contributed by atoms with Crippen molar-refractivity contribution in [3.8, 4) is 0 Å². The second-order valence-electron chi connectivity index (χ2n) is 4.86. The third-order valence-corrected chi connectivity index (χ3v) is 4.35. The first-order valence-electron chi connectivity index (χ1n) is 5.84. The second kappa shape index (κ2) is 4.10. The normalized spacial score (nSPS) is 36.4. The van der Waals surface area contributed by atoms with E-state index in [-0.39, 0.29) is 17.9 Å². The molecule has 90 valence electrons. The van der Waals surface area contributed by atoms with Crippen LogP contribution in [0.5, 0.6) is 0 Å². The number of quaternary nitrogens is 1. The Balaban J connectivity index is 2.02. The molecule has 1 saturated carbocycles. The average Bonchev–Trinajstić information content (AvgIpc) is 2.89. The van der Waals surface area contributed by atoms with Gasteiger partial charge in [-0.25, -0.2) is 10.4 Å². The molecule has 0 heterocycles. The van der Waals surface area contributed by atoms with Crippen LogP contribution in [0.25, 0.3) is 0 Å². The topological polar surface area (TPSA) is 47.7 Å². The molecule has 5 atom stereocenters. The van der Waals surface area contributed by atoms with E-state index < -0.39 is 5.23 Å². The minimum absolute atomic E-state index is 0.0381. The predicted octanol–water partition coefficient (Wildman–Crippen LogP) is 1.77. The molecule has 0 aromatic heterocycles. The molecule has 1 aromatic carbocycles. The summed E-state index contributed by atoms with van der Waals surface area (Å²) in [5.74, 6) is 0.552. The lowest BCUT2D eigenvalue weighted by Crippen LogP contribution is -3.10. The van der Waals surface area contributed by atoms with Gasteiger partial charge in [-0.15, -0.1) is 0 Å². The van der Waals surface area contributed by atoms with E-state index in [9.17, 15) is 10.4 Å². The standard InChI is InChI=1S/C13H14ClNO2/c14-11-4-2-1-3-10(11)12-8-5-6-9(7-8)13(12)15(16)17/h1-6,8-9,12-13,15-16H,7H2. The molecule has 1 aromatic rings. The number of hydrogen-bond acceptors (Lipinski definition) is 2. The van der Waals surface area contributed by atoms with Crippen LogP contribution < -0.4 is 5.23 Å². The molecule has 0 saturated heterocycles. The van der Waals surface area contributed by atoms with Crippen molar-refractivity contribution in [1.82, 2.24) is 0 Å². The number of halogens is 1. The fourth-order valence-electron chi connectivity index (χ4n) is 3.33. The highest BCUT2D eigenvalue weighted by Crippen LogP contribution is 2.49. The molecular formula is C13H14ClNO2. The fourth-order valence-corrected chi connectivity index (χ4v) is 3.59. The second-order valence-corrected chi connectivity index (χ2v) is 5.27. The Kier molecular flexibility index (Phi) is 2.71. The highest BCUT2D eigenvalue weighted by Gasteiger charge is 2.49. The van der Waals surface area contributed by atoms with Crippen LogP contribution in [0.1, 0.15) is 17.9 Å². The molecule has 5 unspecified atom stereocenters. The zero-order valence-electron chi connectivity index (χ0n) is 9.21. The first-order chi connectivity index (χ1) is 8.18. The van der Waals surface area contributed by atoms with E-state index in [1.807, 2.05) is 24.3 Å². The molecule has 2 N–H and O–H groups in total. The minimum atomic E-state index is -0.702. The lowest BCUT2D eigenvalue weighted by molar-refractivity contribution is -1.07. The first kappa shape index (κ1) is 11.2. The van der Waals surface area contributed by atoms with Gasteiger partial charge in [0.05, 0.1) is 0 Å². The van der Waals surface area contributed by atoms with Gasteiger partial charge in [0.15, 0.2) is 0 Å². The number of nitrogens with one attached hydrogen (secondary N) is 1. The summed E-state index contributed by atoms with van der Waals surface area (Å²) in [6.45, 7) is 0. The van der Waals surface area contributed by atoms with Gasteiger partial charge < -0.3 is 5.21 Å². The van der Waals surface area contributed by atoms with Gasteiger partial charge in [0.2, 0.25) is 0 Å². The molecule has 1 fully saturated rings. The summed E-state index contributed by atoms with van der Waals surface area (Å²) in [5.41, 5.74) is 0.985. The molecule has 2 aliphatic carbocycles. The number of hydroxylamine groups is 2. The maximum atomic E-state index is 11.4. The van der Waals surface area contributed by atoms with Gasteiger partial charge in [0.25, 0.3) is 0 Å². The third kappa shape index (κ3) is 1.70. The average molecular weight is 252 g/mol. The summed E-state index contributed by atoms with van der Waals surface area (Å²) in [7, 11) is 0.